The minimum atomic E-state index is -0.780. The summed E-state index contributed by atoms with van der Waals surface area (Å²) in [5, 5.41) is 9.09. The van der Waals surface area contributed by atoms with Crippen LogP contribution in [-0.4, -0.2) is 35.0 Å². The highest BCUT2D eigenvalue weighted by Gasteiger charge is 2.39. The van der Waals surface area contributed by atoms with Crippen molar-refractivity contribution in [3.8, 4) is 0 Å². The topological polar surface area (TPSA) is 57.6 Å². The van der Waals surface area contributed by atoms with Gasteiger partial charge < -0.3 is 10.0 Å². The molecule has 0 aromatic carbocycles. The number of rotatable bonds is 7. The first kappa shape index (κ1) is 17.0. The third kappa shape index (κ3) is 4.80. The number of amides is 1. The number of hydrogen-bond donors (Lipinski definition) is 1. The lowest BCUT2D eigenvalue weighted by Crippen LogP contribution is -2.39. The number of carboxylic acid groups (broad SMARTS) is 1. The zero-order valence-electron chi connectivity index (χ0n) is 13.3. The fourth-order valence-corrected chi connectivity index (χ4v) is 3.39. The Balaban J connectivity index is 2.64. The standard InChI is InChI=1S/C16H29NO3/c1-12(2)9-13(3)17(4)14(18)10-16(11-15(19)20)7-5-6-8-16/h12-13H,5-11H2,1-4H3,(H,19,20). The largest absolute Gasteiger partial charge is 0.481 e. The first-order chi connectivity index (χ1) is 9.26. The second kappa shape index (κ2) is 7.09. The maximum absolute atomic E-state index is 12.4. The lowest BCUT2D eigenvalue weighted by atomic mass is 9.79. The van der Waals surface area contributed by atoms with Crippen LogP contribution in [0, 0.1) is 11.3 Å². The van der Waals surface area contributed by atoms with Gasteiger partial charge in [-0.25, -0.2) is 0 Å². The molecule has 1 aliphatic rings. The van der Waals surface area contributed by atoms with Crippen LogP contribution in [0.1, 0.15) is 65.7 Å². The van der Waals surface area contributed by atoms with Gasteiger partial charge in [0, 0.05) is 19.5 Å². The molecule has 0 saturated heterocycles. The van der Waals surface area contributed by atoms with Gasteiger partial charge >= 0.3 is 5.97 Å². The van der Waals surface area contributed by atoms with Gasteiger partial charge in [0.1, 0.15) is 0 Å². The molecule has 0 aromatic heterocycles. The number of nitrogens with zero attached hydrogens (tertiary/aromatic N) is 1. The van der Waals surface area contributed by atoms with Crippen molar-refractivity contribution >= 4 is 11.9 Å². The average molecular weight is 283 g/mol. The Morgan fingerprint density at radius 3 is 2.15 bits per heavy atom. The summed E-state index contributed by atoms with van der Waals surface area (Å²) in [7, 11) is 1.85. The first-order valence-electron chi connectivity index (χ1n) is 7.73. The second-order valence-electron chi connectivity index (χ2n) is 6.94. The van der Waals surface area contributed by atoms with Crippen molar-refractivity contribution < 1.29 is 14.7 Å². The summed E-state index contributed by atoms with van der Waals surface area (Å²) >= 11 is 0. The molecular weight excluding hydrogens is 254 g/mol. The summed E-state index contributed by atoms with van der Waals surface area (Å²) in [6.07, 6.45) is 5.34. The van der Waals surface area contributed by atoms with Gasteiger partial charge in [-0.05, 0) is 37.5 Å². The smallest absolute Gasteiger partial charge is 0.303 e. The van der Waals surface area contributed by atoms with Crippen LogP contribution in [-0.2, 0) is 9.59 Å². The van der Waals surface area contributed by atoms with E-state index in [4.69, 9.17) is 5.11 Å². The number of aliphatic carboxylic acids is 1. The second-order valence-corrected chi connectivity index (χ2v) is 6.94. The lowest BCUT2D eigenvalue weighted by molar-refractivity contribution is -0.141. The molecule has 0 spiro atoms. The summed E-state index contributed by atoms with van der Waals surface area (Å²) in [6, 6.07) is 0.214. The molecule has 1 amide bonds. The maximum Gasteiger partial charge on any atom is 0.303 e. The van der Waals surface area contributed by atoms with Gasteiger partial charge in [-0.3, -0.25) is 9.59 Å². The molecule has 0 heterocycles. The van der Waals surface area contributed by atoms with Crippen molar-refractivity contribution in [3.05, 3.63) is 0 Å². The average Bonchev–Trinajstić information content (AvgIpc) is 2.74. The molecule has 4 heteroatoms. The van der Waals surface area contributed by atoms with Gasteiger partial charge in [-0.15, -0.1) is 0 Å². The molecule has 0 bridgehead atoms. The van der Waals surface area contributed by atoms with Crippen molar-refractivity contribution in [2.24, 2.45) is 11.3 Å². The molecule has 1 aliphatic carbocycles. The molecule has 0 aromatic rings. The Bertz CT molecular complexity index is 346. The Kier molecular flexibility index (Phi) is 6.03. The van der Waals surface area contributed by atoms with Gasteiger partial charge in [-0.2, -0.15) is 0 Å². The lowest BCUT2D eigenvalue weighted by Gasteiger charge is -2.32. The third-order valence-electron chi connectivity index (χ3n) is 4.58. The van der Waals surface area contributed by atoms with Crippen molar-refractivity contribution in [1.82, 2.24) is 4.90 Å². The van der Waals surface area contributed by atoms with E-state index in [-0.39, 0.29) is 23.8 Å². The van der Waals surface area contributed by atoms with Crippen molar-refractivity contribution in [2.45, 2.75) is 71.8 Å². The fraction of sp³-hybridized carbons (Fsp3) is 0.875. The SMILES string of the molecule is CC(C)CC(C)N(C)C(=O)CC1(CC(=O)O)CCCC1. The number of hydrogen-bond acceptors (Lipinski definition) is 2. The zero-order valence-corrected chi connectivity index (χ0v) is 13.3. The minimum absolute atomic E-state index is 0.0984. The van der Waals surface area contributed by atoms with E-state index in [0.717, 1.165) is 32.1 Å². The van der Waals surface area contributed by atoms with E-state index < -0.39 is 5.97 Å². The summed E-state index contributed by atoms with van der Waals surface area (Å²) in [5.74, 6) is -0.126. The van der Waals surface area contributed by atoms with Crippen LogP contribution in [0.25, 0.3) is 0 Å². The molecule has 1 N–H and O–H groups in total. The van der Waals surface area contributed by atoms with Crippen LogP contribution in [0.5, 0.6) is 0 Å². The summed E-state index contributed by atoms with van der Waals surface area (Å²) in [6.45, 7) is 6.37. The molecule has 1 atom stereocenters. The van der Waals surface area contributed by atoms with Gasteiger partial charge in [-0.1, -0.05) is 26.7 Å². The van der Waals surface area contributed by atoms with E-state index in [1.165, 1.54) is 0 Å². The Hall–Kier alpha value is -1.06. The highest BCUT2D eigenvalue weighted by molar-refractivity contribution is 5.78. The van der Waals surface area contributed by atoms with Crippen molar-refractivity contribution in [1.29, 1.82) is 0 Å². The Morgan fingerprint density at radius 1 is 1.15 bits per heavy atom. The van der Waals surface area contributed by atoms with Crippen LogP contribution in [0.15, 0.2) is 0 Å². The summed E-state index contributed by atoms with van der Waals surface area (Å²) < 4.78 is 0. The molecule has 1 unspecified atom stereocenters. The van der Waals surface area contributed by atoms with Gasteiger partial charge in [0.25, 0.3) is 0 Å². The predicted octanol–water partition coefficient (Wildman–Crippen LogP) is 3.30. The normalized spacial score (nSPS) is 19.1. The Labute approximate surface area is 122 Å². The first-order valence-corrected chi connectivity index (χ1v) is 7.73. The van der Waals surface area contributed by atoms with E-state index in [1.807, 2.05) is 11.9 Å². The van der Waals surface area contributed by atoms with Crippen molar-refractivity contribution in [3.63, 3.8) is 0 Å². The monoisotopic (exact) mass is 283 g/mol. The van der Waals surface area contributed by atoms with Crippen LogP contribution in [0.2, 0.25) is 0 Å². The predicted molar refractivity (Wildman–Crippen MR) is 79.5 cm³/mol. The van der Waals surface area contributed by atoms with E-state index in [2.05, 4.69) is 20.8 Å². The van der Waals surface area contributed by atoms with Crippen LogP contribution in [0.3, 0.4) is 0 Å². The quantitative estimate of drug-likeness (QED) is 0.780. The van der Waals surface area contributed by atoms with E-state index in [9.17, 15) is 9.59 Å². The summed E-state index contributed by atoms with van der Waals surface area (Å²) in [4.78, 5) is 25.3. The van der Waals surface area contributed by atoms with Crippen LogP contribution >= 0.6 is 0 Å². The van der Waals surface area contributed by atoms with E-state index >= 15 is 0 Å². The molecule has 0 radical (unpaired) electrons. The molecule has 4 nitrogen and oxygen atoms in total. The van der Waals surface area contributed by atoms with E-state index in [0.29, 0.717) is 12.3 Å². The number of carbonyl (C=O) groups excluding carboxylic acids is 1. The molecular formula is C16H29NO3. The Morgan fingerprint density at radius 2 is 1.70 bits per heavy atom. The highest BCUT2D eigenvalue weighted by Crippen LogP contribution is 2.44. The number of carboxylic acids is 1. The van der Waals surface area contributed by atoms with Crippen LogP contribution < -0.4 is 0 Å². The fourth-order valence-electron chi connectivity index (χ4n) is 3.39. The van der Waals surface area contributed by atoms with E-state index in [1.54, 1.807) is 0 Å². The molecule has 1 fully saturated rings. The van der Waals surface area contributed by atoms with Gasteiger partial charge in [0.15, 0.2) is 0 Å². The highest BCUT2D eigenvalue weighted by atomic mass is 16.4. The van der Waals surface area contributed by atoms with Crippen molar-refractivity contribution in [2.75, 3.05) is 7.05 Å². The number of carbonyl (C=O) groups is 2. The van der Waals surface area contributed by atoms with Crippen LogP contribution in [0.4, 0.5) is 0 Å². The molecule has 116 valence electrons. The maximum atomic E-state index is 12.4. The van der Waals surface area contributed by atoms with Gasteiger partial charge in [0.05, 0.1) is 6.42 Å². The minimum Gasteiger partial charge on any atom is -0.481 e. The molecule has 20 heavy (non-hydrogen) atoms. The molecule has 1 saturated carbocycles. The molecule has 1 rings (SSSR count). The van der Waals surface area contributed by atoms with Gasteiger partial charge in [0.2, 0.25) is 5.91 Å². The molecule has 0 aliphatic heterocycles. The zero-order chi connectivity index (χ0) is 15.3. The third-order valence-corrected chi connectivity index (χ3v) is 4.58. The summed E-state index contributed by atoms with van der Waals surface area (Å²) in [5.41, 5.74) is -0.297.